The smallest absolute Gasteiger partial charge is 0.405 e. The standard InChI is InChI=1S/C40H45F3N6O4/c1-47-25-34(32-12-17-44-23-33(32)39(47)52)28-4-5-29(36(22-28)53-40(41,42)43)24-48-18-13-26(14-19-48)2-3-27-15-20-49(21-16-27)31-8-6-30(7-9-31)45-35-10-11-37(50)46-38(35)51/h4-9,12,17,22-23,25-27,35,45H,2-3,10-11,13-16,18-21,24H2,1H3,(H,46,50,51). The van der Waals surface area contributed by atoms with E-state index >= 15 is 0 Å². The van der Waals surface area contributed by atoms with Gasteiger partial charge in [0, 0.05) is 74.2 Å². The van der Waals surface area contributed by atoms with Crippen molar-refractivity contribution >= 4 is 34.0 Å². The van der Waals surface area contributed by atoms with Crippen molar-refractivity contribution in [3.63, 3.8) is 0 Å². The fraction of sp³-hybridized carbons (Fsp3) is 0.450. The maximum absolute atomic E-state index is 13.6. The number of halogens is 3. The average Bonchev–Trinajstić information content (AvgIpc) is 3.15. The Balaban J connectivity index is 0.889. The first-order valence-electron chi connectivity index (χ1n) is 18.5. The highest BCUT2D eigenvalue weighted by molar-refractivity contribution is 6.01. The van der Waals surface area contributed by atoms with E-state index in [4.69, 9.17) is 0 Å². The normalized spacial score (nSPS) is 19.4. The highest BCUT2D eigenvalue weighted by Gasteiger charge is 2.33. The van der Waals surface area contributed by atoms with E-state index in [9.17, 15) is 27.6 Å². The number of aryl methyl sites for hydroxylation is 1. The molecule has 10 nitrogen and oxygen atoms in total. The first kappa shape index (κ1) is 36.4. The van der Waals surface area contributed by atoms with Gasteiger partial charge in [-0.15, -0.1) is 13.2 Å². The van der Waals surface area contributed by atoms with Crippen LogP contribution in [0.1, 0.15) is 56.9 Å². The van der Waals surface area contributed by atoms with E-state index in [1.165, 1.54) is 35.4 Å². The van der Waals surface area contributed by atoms with Gasteiger partial charge >= 0.3 is 6.36 Å². The Morgan fingerprint density at radius 3 is 2.26 bits per heavy atom. The number of hydrogen-bond donors (Lipinski definition) is 2. The number of carbonyl (C=O) groups excluding carboxylic acids is 2. The molecule has 3 aliphatic rings. The lowest BCUT2D eigenvalue weighted by Crippen LogP contribution is -2.47. The van der Waals surface area contributed by atoms with Gasteiger partial charge in [-0.3, -0.25) is 29.6 Å². The van der Waals surface area contributed by atoms with Gasteiger partial charge in [0.05, 0.1) is 5.39 Å². The second-order valence-corrected chi connectivity index (χ2v) is 14.7. The number of piperidine rings is 3. The molecule has 5 heterocycles. The summed E-state index contributed by atoms with van der Waals surface area (Å²) in [6.45, 7) is 4.01. The monoisotopic (exact) mass is 730 g/mol. The Bertz CT molecular complexity index is 2000. The summed E-state index contributed by atoms with van der Waals surface area (Å²) in [4.78, 5) is 44.8. The van der Waals surface area contributed by atoms with Gasteiger partial charge in [-0.2, -0.15) is 0 Å². The number of benzene rings is 2. The number of aromatic nitrogens is 2. The largest absolute Gasteiger partial charge is 0.573 e. The first-order chi connectivity index (χ1) is 25.5. The fourth-order valence-corrected chi connectivity index (χ4v) is 8.04. The van der Waals surface area contributed by atoms with Crippen molar-refractivity contribution in [3.05, 3.63) is 83.0 Å². The van der Waals surface area contributed by atoms with E-state index in [0.717, 1.165) is 57.5 Å². The number of imide groups is 1. The quantitative estimate of drug-likeness (QED) is 0.175. The number of amides is 2. The van der Waals surface area contributed by atoms with Crippen LogP contribution < -0.4 is 25.8 Å². The molecule has 0 radical (unpaired) electrons. The van der Waals surface area contributed by atoms with Crippen LogP contribution in [-0.4, -0.2) is 64.8 Å². The Morgan fingerprint density at radius 2 is 1.58 bits per heavy atom. The lowest BCUT2D eigenvalue weighted by Gasteiger charge is -2.36. The van der Waals surface area contributed by atoms with Gasteiger partial charge in [0.25, 0.3) is 5.56 Å². The van der Waals surface area contributed by atoms with Crippen LogP contribution in [0, 0.1) is 11.8 Å². The third-order valence-electron chi connectivity index (χ3n) is 11.1. The van der Waals surface area contributed by atoms with Crippen molar-refractivity contribution in [2.45, 2.75) is 70.3 Å². The van der Waals surface area contributed by atoms with E-state index < -0.39 is 12.4 Å². The molecular formula is C40H45F3N6O4. The molecule has 2 aromatic heterocycles. The molecule has 53 heavy (non-hydrogen) atoms. The molecule has 7 rings (SSSR count). The lowest BCUT2D eigenvalue weighted by atomic mass is 9.85. The van der Waals surface area contributed by atoms with E-state index in [-0.39, 0.29) is 23.1 Å². The Labute approximate surface area is 306 Å². The maximum Gasteiger partial charge on any atom is 0.573 e. The number of hydrogen-bond acceptors (Lipinski definition) is 8. The molecule has 1 unspecified atom stereocenters. The Morgan fingerprint density at radius 1 is 0.887 bits per heavy atom. The van der Waals surface area contributed by atoms with Gasteiger partial charge in [-0.25, -0.2) is 0 Å². The number of nitrogens with one attached hydrogen (secondary N) is 2. The summed E-state index contributed by atoms with van der Waals surface area (Å²) < 4.78 is 46.8. The van der Waals surface area contributed by atoms with Crippen molar-refractivity contribution in [2.24, 2.45) is 18.9 Å². The summed E-state index contributed by atoms with van der Waals surface area (Å²) in [5, 5.41) is 6.63. The van der Waals surface area contributed by atoms with Crippen molar-refractivity contribution in [1.29, 1.82) is 0 Å². The van der Waals surface area contributed by atoms with Crippen molar-refractivity contribution in [2.75, 3.05) is 36.4 Å². The van der Waals surface area contributed by atoms with E-state index in [0.29, 0.717) is 58.7 Å². The molecule has 3 saturated heterocycles. The molecule has 2 aromatic carbocycles. The zero-order valence-corrected chi connectivity index (χ0v) is 29.8. The van der Waals surface area contributed by atoms with Crippen LogP contribution in [0.2, 0.25) is 0 Å². The molecule has 4 aromatic rings. The third kappa shape index (κ3) is 8.84. The van der Waals surface area contributed by atoms with Gasteiger partial charge in [0.2, 0.25) is 11.8 Å². The summed E-state index contributed by atoms with van der Waals surface area (Å²) in [5.41, 5.74) is 3.44. The molecule has 0 spiro atoms. The van der Waals surface area contributed by atoms with Gasteiger partial charge < -0.3 is 19.5 Å². The lowest BCUT2D eigenvalue weighted by molar-refractivity contribution is -0.275. The highest BCUT2D eigenvalue weighted by atomic mass is 19.4. The van der Waals surface area contributed by atoms with E-state index in [1.807, 2.05) is 12.1 Å². The minimum absolute atomic E-state index is 0.222. The number of alkyl halides is 3. The summed E-state index contributed by atoms with van der Waals surface area (Å²) in [6, 6.07) is 14.4. The Hall–Kier alpha value is -4.91. The predicted molar refractivity (Wildman–Crippen MR) is 198 cm³/mol. The van der Waals surface area contributed by atoms with Gasteiger partial charge in [0.15, 0.2) is 0 Å². The van der Waals surface area contributed by atoms with Crippen LogP contribution in [0.15, 0.2) is 71.9 Å². The summed E-state index contributed by atoms with van der Waals surface area (Å²) in [7, 11) is 1.61. The van der Waals surface area contributed by atoms with Gasteiger partial charge in [0.1, 0.15) is 11.8 Å². The van der Waals surface area contributed by atoms with Gasteiger partial charge in [-0.05, 0) is 104 Å². The molecule has 280 valence electrons. The average molecular weight is 731 g/mol. The van der Waals surface area contributed by atoms with Crippen LogP contribution in [-0.2, 0) is 23.2 Å². The zero-order chi connectivity index (χ0) is 37.1. The Kier molecular flexibility index (Phi) is 10.7. The predicted octanol–water partition coefficient (Wildman–Crippen LogP) is 6.63. The number of nitrogens with zero attached hydrogens (tertiary/aromatic N) is 4. The number of fused-ring (bicyclic) bond motifs is 1. The number of likely N-dealkylation sites (tertiary alicyclic amines) is 1. The van der Waals surface area contributed by atoms with E-state index in [2.05, 4.69) is 42.3 Å². The van der Waals surface area contributed by atoms with Crippen LogP contribution >= 0.6 is 0 Å². The second kappa shape index (κ2) is 15.6. The number of ether oxygens (including phenoxy) is 1. The van der Waals surface area contributed by atoms with Crippen LogP contribution in [0.4, 0.5) is 24.5 Å². The summed E-state index contributed by atoms with van der Waals surface area (Å²) in [5.74, 6) is 0.564. The molecule has 13 heteroatoms. The topological polar surface area (TPSA) is 109 Å². The second-order valence-electron chi connectivity index (χ2n) is 14.7. The number of carbonyl (C=O) groups is 2. The van der Waals surface area contributed by atoms with Crippen LogP contribution in [0.5, 0.6) is 5.75 Å². The fourth-order valence-electron chi connectivity index (χ4n) is 8.04. The van der Waals surface area contributed by atoms with Crippen LogP contribution in [0.25, 0.3) is 21.9 Å². The minimum atomic E-state index is -4.84. The molecular weight excluding hydrogens is 685 g/mol. The molecule has 0 aliphatic carbocycles. The molecule has 3 fully saturated rings. The van der Waals surface area contributed by atoms with Crippen molar-refractivity contribution < 1.29 is 27.5 Å². The zero-order valence-electron chi connectivity index (χ0n) is 29.8. The number of rotatable bonds is 10. The van der Waals surface area contributed by atoms with Crippen molar-refractivity contribution in [3.8, 4) is 16.9 Å². The molecule has 2 amide bonds. The SMILES string of the molecule is Cn1cc(-c2ccc(CN3CCC(CCC4CCN(c5ccc(NC6CCC(=O)NC6=O)cc5)CC4)CC3)c(OC(F)(F)F)c2)c2ccncc2c1=O. The number of pyridine rings is 2. The molecule has 0 bridgehead atoms. The molecule has 1 atom stereocenters. The maximum atomic E-state index is 13.6. The first-order valence-corrected chi connectivity index (χ1v) is 18.5. The molecule has 0 saturated carbocycles. The number of anilines is 2. The van der Waals surface area contributed by atoms with Crippen LogP contribution in [0.3, 0.4) is 0 Å². The summed E-state index contributed by atoms with van der Waals surface area (Å²) in [6.07, 6.45) is 7.34. The third-order valence-corrected chi connectivity index (χ3v) is 11.1. The minimum Gasteiger partial charge on any atom is -0.405 e. The van der Waals surface area contributed by atoms with Crippen molar-refractivity contribution in [1.82, 2.24) is 19.8 Å². The van der Waals surface area contributed by atoms with E-state index in [1.54, 1.807) is 37.6 Å². The molecule has 3 aliphatic heterocycles. The summed E-state index contributed by atoms with van der Waals surface area (Å²) >= 11 is 0. The van der Waals surface area contributed by atoms with Gasteiger partial charge in [-0.1, -0.05) is 25.0 Å². The molecule has 2 N–H and O–H groups in total. The highest BCUT2D eigenvalue weighted by Crippen LogP contribution is 2.36.